The van der Waals surface area contributed by atoms with Gasteiger partial charge in [0.25, 0.3) is 5.88 Å². The van der Waals surface area contributed by atoms with Crippen LogP contribution >= 0.6 is 15.9 Å². The van der Waals surface area contributed by atoms with E-state index in [2.05, 4.69) is 27.8 Å². The van der Waals surface area contributed by atoms with Gasteiger partial charge in [0.15, 0.2) is 5.75 Å². The molecule has 1 aromatic heterocycles. The van der Waals surface area contributed by atoms with Crippen LogP contribution in [0.4, 0.5) is 0 Å². The number of ether oxygens (including phenoxy) is 2. The summed E-state index contributed by atoms with van der Waals surface area (Å²) in [6, 6.07) is 1.88. The van der Waals surface area contributed by atoms with Crippen LogP contribution < -0.4 is 9.47 Å². The molecule has 4 heteroatoms. The highest BCUT2D eigenvalue weighted by Gasteiger charge is 2.09. The molecule has 0 atom stereocenters. The third-order valence-corrected chi connectivity index (χ3v) is 2.03. The number of rotatable bonds is 5. The van der Waals surface area contributed by atoms with Gasteiger partial charge >= 0.3 is 0 Å². The van der Waals surface area contributed by atoms with Gasteiger partial charge in [-0.2, -0.15) is 0 Å². The van der Waals surface area contributed by atoms with Crippen molar-refractivity contribution >= 4 is 15.9 Å². The molecule has 0 radical (unpaired) electrons. The lowest BCUT2D eigenvalue weighted by molar-refractivity contribution is 0.211. The van der Waals surface area contributed by atoms with Gasteiger partial charge in [0.05, 0.1) is 12.7 Å². The quantitative estimate of drug-likeness (QED) is 0.824. The zero-order chi connectivity index (χ0) is 11.3. The highest BCUT2D eigenvalue weighted by molar-refractivity contribution is 9.10. The summed E-state index contributed by atoms with van der Waals surface area (Å²) >= 11 is 3.36. The summed E-state index contributed by atoms with van der Waals surface area (Å²) < 4.78 is 12.0. The van der Waals surface area contributed by atoms with Crippen LogP contribution in [0, 0.1) is 0 Å². The number of hydrogen-bond donors (Lipinski definition) is 0. The molecule has 0 bridgehead atoms. The van der Waals surface area contributed by atoms with Crippen LogP contribution in [0.3, 0.4) is 0 Å². The Labute approximate surface area is 98.9 Å². The van der Waals surface area contributed by atoms with Crippen molar-refractivity contribution < 1.29 is 9.47 Å². The van der Waals surface area contributed by atoms with Crippen LogP contribution in [-0.2, 0) is 0 Å². The number of aromatic nitrogens is 1. The van der Waals surface area contributed by atoms with Gasteiger partial charge in [-0.15, -0.1) is 0 Å². The minimum Gasteiger partial charge on any atom is -0.488 e. The third-order valence-electron chi connectivity index (χ3n) is 1.59. The minimum atomic E-state index is 0.0997. The van der Waals surface area contributed by atoms with E-state index in [0.29, 0.717) is 18.2 Å². The highest BCUT2D eigenvalue weighted by Crippen LogP contribution is 2.28. The van der Waals surface area contributed by atoms with Crippen LogP contribution in [0.25, 0.3) is 0 Å². The molecule has 0 aliphatic rings. The predicted molar refractivity (Wildman–Crippen MR) is 63.5 cm³/mol. The molecule has 0 saturated heterocycles. The lowest BCUT2D eigenvalue weighted by Crippen LogP contribution is -2.09. The van der Waals surface area contributed by atoms with Crippen molar-refractivity contribution in [2.24, 2.45) is 0 Å². The molecule has 3 nitrogen and oxygen atoms in total. The summed E-state index contributed by atoms with van der Waals surface area (Å²) in [5.74, 6) is 1.25. The van der Waals surface area contributed by atoms with E-state index in [1.807, 2.05) is 19.9 Å². The number of nitrogens with zero attached hydrogens (tertiary/aromatic N) is 1. The SMILES string of the molecule is CCCOc1cc(Br)cnc1OC(C)C. The van der Waals surface area contributed by atoms with Gasteiger partial charge in [-0.3, -0.25) is 0 Å². The average molecular weight is 274 g/mol. The molecule has 1 heterocycles. The summed E-state index contributed by atoms with van der Waals surface area (Å²) in [6.45, 7) is 6.67. The molecular weight excluding hydrogens is 258 g/mol. The van der Waals surface area contributed by atoms with Crippen LogP contribution in [-0.4, -0.2) is 17.7 Å². The first kappa shape index (κ1) is 12.3. The Hall–Kier alpha value is -0.770. The normalized spacial score (nSPS) is 10.5. The Morgan fingerprint density at radius 2 is 2.20 bits per heavy atom. The molecule has 1 rings (SSSR count). The molecule has 0 fully saturated rings. The Morgan fingerprint density at radius 3 is 2.80 bits per heavy atom. The number of halogens is 1. The van der Waals surface area contributed by atoms with Crippen LogP contribution in [0.2, 0.25) is 0 Å². The molecule has 0 amide bonds. The van der Waals surface area contributed by atoms with Crippen molar-refractivity contribution in [3.63, 3.8) is 0 Å². The largest absolute Gasteiger partial charge is 0.488 e. The smallest absolute Gasteiger partial charge is 0.257 e. The summed E-state index contributed by atoms with van der Waals surface area (Å²) in [5.41, 5.74) is 0. The van der Waals surface area contributed by atoms with E-state index in [1.54, 1.807) is 6.20 Å². The zero-order valence-electron chi connectivity index (χ0n) is 9.29. The monoisotopic (exact) mass is 273 g/mol. The maximum Gasteiger partial charge on any atom is 0.257 e. The molecule has 0 aliphatic heterocycles. The maximum atomic E-state index is 5.55. The second kappa shape index (κ2) is 5.95. The molecule has 0 saturated carbocycles. The van der Waals surface area contributed by atoms with E-state index in [-0.39, 0.29) is 6.10 Å². The summed E-state index contributed by atoms with van der Waals surface area (Å²) in [4.78, 5) is 4.18. The Balaban J connectivity index is 2.82. The van der Waals surface area contributed by atoms with Gasteiger partial charge < -0.3 is 9.47 Å². The lowest BCUT2D eigenvalue weighted by Gasteiger charge is -2.13. The molecular formula is C11H16BrNO2. The zero-order valence-corrected chi connectivity index (χ0v) is 10.9. The fourth-order valence-corrected chi connectivity index (χ4v) is 1.35. The number of hydrogen-bond acceptors (Lipinski definition) is 3. The van der Waals surface area contributed by atoms with E-state index in [0.717, 1.165) is 10.9 Å². The average Bonchev–Trinajstić information content (AvgIpc) is 2.18. The van der Waals surface area contributed by atoms with Gasteiger partial charge in [-0.25, -0.2) is 4.98 Å². The minimum absolute atomic E-state index is 0.0997. The first-order valence-corrected chi connectivity index (χ1v) is 5.87. The van der Waals surface area contributed by atoms with E-state index >= 15 is 0 Å². The van der Waals surface area contributed by atoms with Crippen LogP contribution in [0.15, 0.2) is 16.7 Å². The number of pyridine rings is 1. The second-order valence-electron chi connectivity index (χ2n) is 3.47. The van der Waals surface area contributed by atoms with Gasteiger partial charge in [-0.05, 0) is 36.2 Å². The van der Waals surface area contributed by atoms with Crippen molar-refractivity contribution in [3.05, 3.63) is 16.7 Å². The standard InChI is InChI=1S/C11H16BrNO2/c1-4-5-14-10-6-9(12)7-13-11(10)15-8(2)3/h6-8H,4-5H2,1-3H3. The third kappa shape index (κ3) is 4.08. The summed E-state index contributed by atoms with van der Waals surface area (Å²) in [6.07, 6.45) is 2.77. The van der Waals surface area contributed by atoms with Crippen molar-refractivity contribution in [1.82, 2.24) is 4.98 Å². The molecule has 1 aromatic rings. The van der Waals surface area contributed by atoms with E-state index in [4.69, 9.17) is 9.47 Å². The van der Waals surface area contributed by atoms with E-state index in [9.17, 15) is 0 Å². The van der Waals surface area contributed by atoms with Crippen molar-refractivity contribution in [3.8, 4) is 11.6 Å². The fraction of sp³-hybridized carbons (Fsp3) is 0.545. The lowest BCUT2D eigenvalue weighted by atomic mass is 10.4. The summed E-state index contributed by atoms with van der Waals surface area (Å²) in [7, 11) is 0. The van der Waals surface area contributed by atoms with Gasteiger partial charge in [0, 0.05) is 16.7 Å². The highest BCUT2D eigenvalue weighted by atomic mass is 79.9. The molecule has 0 N–H and O–H groups in total. The second-order valence-corrected chi connectivity index (χ2v) is 4.39. The maximum absolute atomic E-state index is 5.55. The molecule has 84 valence electrons. The van der Waals surface area contributed by atoms with E-state index in [1.165, 1.54) is 0 Å². The molecule has 0 aliphatic carbocycles. The molecule has 15 heavy (non-hydrogen) atoms. The van der Waals surface area contributed by atoms with Crippen molar-refractivity contribution in [2.75, 3.05) is 6.61 Å². The fourth-order valence-electron chi connectivity index (χ4n) is 1.04. The summed E-state index contributed by atoms with van der Waals surface area (Å²) in [5, 5.41) is 0. The van der Waals surface area contributed by atoms with Crippen molar-refractivity contribution in [2.45, 2.75) is 33.3 Å². The van der Waals surface area contributed by atoms with Gasteiger partial charge in [-0.1, -0.05) is 6.92 Å². The first-order chi connectivity index (χ1) is 7.13. The molecule has 0 unspecified atom stereocenters. The Kier molecular flexibility index (Phi) is 4.88. The molecule has 0 spiro atoms. The van der Waals surface area contributed by atoms with Gasteiger partial charge in [0.1, 0.15) is 0 Å². The van der Waals surface area contributed by atoms with Gasteiger partial charge in [0.2, 0.25) is 0 Å². The first-order valence-electron chi connectivity index (χ1n) is 5.08. The van der Waals surface area contributed by atoms with Crippen molar-refractivity contribution in [1.29, 1.82) is 0 Å². The van der Waals surface area contributed by atoms with E-state index < -0.39 is 0 Å². The molecule has 0 aromatic carbocycles. The topological polar surface area (TPSA) is 31.4 Å². The Bertz CT molecular complexity index is 315. The van der Waals surface area contributed by atoms with Crippen LogP contribution in [0.1, 0.15) is 27.2 Å². The Morgan fingerprint density at radius 1 is 1.47 bits per heavy atom. The van der Waals surface area contributed by atoms with Crippen LogP contribution in [0.5, 0.6) is 11.6 Å². The predicted octanol–water partition coefficient (Wildman–Crippen LogP) is 3.42.